The third-order valence-electron chi connectivity index (χ3n) is 2.40. The predicted octanol–water partition coefficient (Wildman–Crippen LogP) is 4.49. The molecule has 0 heterocycles. The average molecular weight is 308 g/mol. The number of allylic oxidation sites excluding steroid dienone is 2. The van der Waals surface area contributed by atoms with Gasteiger partial charge in [0.2, 0.25) is 0 Å². The lowest BCUT2D eigenvalue weighted by Crippen LogP contribution is -2.08. The molecule has 0 aliphatic heterocycles. The van der Waals surface area contributed by atoms with Crippen molar-refractivity contribution in [1.29, 1.82) is 0 Å². The van der Waals surface area contributed by atoms with Gasteiger partial charge in [0.25, 0.3) is 0 Å². The fourth-order valence-corrected chi connectivity index (χ4v) is 2.42. The summed E-state index contributed by atoms with van der Waals surface area (Å²) >= 11 is 17.6. The summed E-state index contributed by atoms with van der Waals surface area (Å²) in [6.07, 6.45) is 1.59. The number of halogens is 3. The van der Waals surface area contributed by atoms with Crippen LogP contribution in [0.2, 0.25) is 15.1 Å². The Labute approximate surface area is 119 Å². The number of carbonyl (C=O) groups is 2. The first-order chi connectivity index (χ1) is 8.31. The molecular weight excluding hydrogens is 298 g/mol. The van der Waals surface area contributed by atoms with E-state index in [9.17, 15) is 9.59 Å². The zero-order valence-electron chi connectivity index (χ0n) is 9.55. The Bertz CT molecular complexity index is 562. The van der Waals surface area contributed by atoms with Gasteiger partial charge in [-0.3, -0.25) is 4.79 Å². The number of aromatic carboxylic acids is 1. The monoisotopic (exact) mass is 306 g/mol. The first-order valence-electron chi connectivity index (χ1n) is 4.89. The van der Waals surface area contributed by atoms with E-state index in [0.717, 1.165) is 0 Å². The largest absolute Gasteiger partial charge is 0.478 e. The molecule has 0 aliphatic rings. The van der Waals surface area contributed by atoms with Gasteiger partial charge in [0.1, 0.15) is 0 Å². The maximum atomic E-state index is 12.0. The number of benzene rings is 1. The van der Waals surface area contributed by atoms with Gasteiger partial charge in [-0.2, -0.15) is 0 Å². The molecule has 0 radical (unpaired) electrons. The van der Waals surface area contributed by atoms with Crippen LogP contribution in [0.15, 0.2) is 17.7 Å². The molecule has 0 aliphatic carbocycles. The molecule has 3 nitrogen and oxygen atoms in total. The molecule has 0 amide bonds. The van der Waals surface area contributed by atoms with Gasteiger partial charge in [0, 0.05) is 0 Å². The van der Waals surface area contributed by atoms with Crippen molar-refractivity contribution < 1.29 is 14.7 Å². The van der Waals surface area contributed by atoms with Crippen LogP contribution in [0, 0.1) is 0 Å². The number of carbonyl (C=O) groups excluding carboxylic acids is 1. The molecule has 1 N–H and O–H groups in total. The minimum absolute atomic E-state index is 0.0289. The third-order valence-corrected chi connectivity index (χ3v) is 3.38. The smallest absolute Gasteiger partial charge is 0.338 e. The molecule has 0 fully saturated rings. The second-order valence-corrected chi connectivity index (χ2v) is 4.70. The van der Waals surface area contributed by atoms with Gasteiger partial charge in [0.05, 0.1) is 26.2 Å². The van der Waals surface area contributed by atoms with E-state index in [4.69, 9.17) is 39.9 Å². The van der Waals surface area contributed by atoms with Crippen molar-refractivity contribution in [2.45, 2.75) is 13.8 Å². The zero-order valence-corrected chi connectivity index (χ0v) is 11.8. The van der Waals surface area contributed by atoms with E-state index in [2.05, 4.69) is 0 Å². The second kappa shape index (κ2) is 5.74. The lowest BCUT2D eigenvalue weighted by molar-refractivity contribution is 0.0697. The van der Waals surface area contributed by atoms with Gasteiger partial charge in [-0.25, -0.2) is 4.79 Å². The van der Waals surface area contributed by atoms with Crippen LogP contribution < -0.4 is 0 Å². The van der Waals surface area contributed by atoms with E-state index in [1.807, 2.05) is 0 Å². The molecule has 0 saturated heterocycles. The molecule has 0 unspecified atom stereocenters. The molecule has 18 heavy (non-hydrogen) atoms. The topological polar surface area (TPSA) is 54.4 Å². The fraction of sp³-hybridized carbons (Fsp3) is 0.167. The van der Waals surface area contributed by atoms with Crippen LogP contribution in [0.25, 0.3) is 0 Å². The highest BCUT2D eigenvalue weighted by Gasteiger charge is 2.24. The number of rotatable bonds is 3. The molecule has 0 saturated carbocycles. The number of carboxylic acids is 1. The van der Waals surface area contributed by atoms with E-state index in [0.29, 0.717) is 5.57 Å². The lowest BCUT2D eigenvalue weighted by Gasteiger charge is -2.10. The Morgan fingerprint density at radius 3 is 2.11 bits per heavy atom. The first-order valence-corrected chi connectivity index (χ1v) is 6.03. The molecule has 0 aromatic heterocycles. The minimum Gasteiger partial charge on any atom is -0.478 e. The van der Waals surface area contributed by atoms with E-state index >= 15 is 0 Å². The Morgan fingerprint density at radius 2 is 1.67 bits per heavy atom. The Morgan fingerprint density at radius 1 is 1.17 bits per heavy atom. The lowest BCUT2D eigenvalue weighted by atomic mass is 10.0. The predicted molar refractivity (Wildman–Crippen MR) is 72.2 cm³/mol. The molecule has 0 spiro atoms. The highest BCUT2D eigenvalue weighted by Crippen LogP contribution is 2.35. The molecular formula is C12H9Cl3O3. The summed E-state index contributed by atoms with van der Waals surface area (Å²) in [6.45, 7) is 3.27. The number of carboxylic acid groups (broad SMARTS) is 1. The van der Waals surface area contributed by atoms with E-state index in [1.54, 1.807) is 19.9 Å². The van der Waals surface area contributed by atoms with Crippen molar-refractivity contribution in [3.63, 3.8) is 0 Å². The minimum atomic E-state index is -1.31. The van der Waals surface area contributed by atoms with Gasteiger partial charge in [0.15, 0.2) is 5.78 Å². The van der Waals surface area contributed by atoms with Gasteiger partial charge in [-0.15, -0.1) is 0 Å². The van der Waals surface area contributed by atoms with Crippen molar-refractivity contribution in [3.05, 3.63) is 43.9 Å². The van der Waals surface area contributed by atoms with Crippen LogP contribution in [0.5, 0.6) is 0 Å². The molecule has 0 bridgehead atoms. The summed E-state index contributed by atoms with van der Waals surface area (Å²) in [4.78, 5) is 23.1. The summed E-state index contributed by atoms with van der Waals surface area (Å²) in [5.74, 6) is -1.74. The Hall–Kier alpha value is -1.03. The number of hydrogen-bond acceptors (Lipinski definition) is 2. The molecule has 1 aromatic carbocycles. The first kappa shape index (κ1) is 15.0. The van der Waals surface area contributed by atoms with Gasteiger partial charge in [-0.1, -0.05) is 40.9 Å². The summed E-state index contributed by atoms with van der Waals surface area (Å²) < 4.78 is 0. The van der Waals surface area contributed by atoms with Crippen LogP contribution in [-0.4, -0.2) is 16.9 Å². The van der Waals surface area contributed by atoms with Crippen LogP contribution in [0.4, 0.5) is 0 Å². The summed E-state index contributed by atoms with van der Waals surface area (Å²) in [5.41, 5.74) is 0.0446. The van der Waals surface area contributed by atoms with Gasteiger partial charge >= 0.3 is 5.97 Å². The summed E-state index contributed by atoms with van der Waals surface area (Å²) in [5, 5.41) is 8.68. The Balaban J connectivity index is 3.61. The van der Waals surface area contributed by atoms with E-state index in [1.165, 1.54) is 6.07 Å². The molecule has 1 rings (SSSR count). The fourth-order valence-electron chi connectivity index (χ4n) is 1.32. The molecule has 96 valence electrons. The second-order valence-electron chi connectivity index (χ2n) is 3.51. The highest BCUT2D eigenvalue weighted by atomic mass is 35.5. The van der Waals surface area contributed by atoms with Gasteiger partial charge < -0.3 is 5.11 Å². The summed E-state index contributed by atoms with van der Waals surface area (Å²) in [7, 11) is 0. The SMILES string of the molecule is C/C=C(/C)C(=O)c1c(Cl)cc(Cl)c(C(=O)O)c1Cl. The van der Waals surface area contributed by atoms with Crippen LogP contribution in [0.3, 0.4) is 0 Å². The maximum absolute atomic E-state index is 12.0. The van der Waals surface area contributed by atoms with E-state index in [-0.39, 0.29) is 26.2 Å². The van der Waals surface area contributed by atoms with Gasteiger partial charge in [-0.05, 0) is 25.5 Å². The number of Topliss-reactive ketones (excluding diaryl/α,β-unsaturated/α-hetero) is 1. The number of ketones is 1. The van der Waals surface area contributed by atoms with Crippen LogP contribution in [0.1, 0.15) is 34.6 Å². The molecule has 6 heteroatoms. The molecule has 0 atom stereocenters. The maximum Gasteiger partial charge on any atom is 0.338 e. The van der Waals surface area contributed by atoms with Crippen molar-refractivity contribution in [2.75, 3.05) is 0 Å². The van der Waals surface area contributed by atoms with Crippen LogP contribution in [-0.2, 0) is 0 Å². The average Bonchev–Trinajstić information content (AvgIpc) is 2.26. The van der Waals surface area contributed by atoms with Crippen molar-refractivity contribution >= 4 is 46.6 Å². The van der Waals surface area contributed by atoms with Crippen molar-refractivity contribution in [2.24, 2.45) is 0 Å². The zero-order chi connectivity index (χ0) is 14.0. The number of hydrogen-bond donors (Lipinski definition) is 1. The quantitative estimate of drug-likeness (QED) is 0.661. The van der Waals surface area contributed by atoms with Crippen LogP contribution >= 0.6 is 34.8 Å². The highest BCUT2D eigenvalue weighted by molar-refractivity contribution is 6.45. The standard InChI is InChI=1S/C12H9Cl3O3/c1-3-5(2)11(16)8-6(13)4-7(14)9(10(8)15)12(17)18/h3-4H,1-2H3,(H,17,18)/b5-3-. The summed E-state index contributed by atoms with van der Waals surface area (Å²) in [6, 6.07) is 1.20. The van der Waals surface area contributed by atoms with Crippen molar-refractivity contribution in [3.8, 4) is 0 Å². The molecule has 1 aromatic rings. The normalized spacial score (nSPS) is 11.5. The Kier molecular flexibility index (Phi) is 4.79. The van der Waals surface area contributed by atoms with E-state index < -0.39 is 11.8 Å². The van der Waals surface area contributed by atoms with Crippen molar-refractivity contribution in [1.82, 2.24) is 0 Å². The third kappa shape index (κ3) is 2.69.